The Morgan fingerprint density at radius 2 is 1.68 bits per heavy atom. The van der Waals surface area contributed by atoms with Gasteiger partial charge in [-0.2, -0.15) is 18.3 Å². The van der Waals surface area contributed by atoms with E-state index >= 15 is 0 Å². The summed E-state index contributed by atoms with van der Waals surface area (Å²) in [5.41, 5.74) is 0.122. The van der Waals surface area contributed by atoms with E-state index in [0.717, 1.165) is 50.6 Å². The fourth-order valence-corrected chi connectivity index (χ4v) is 3.17. The zero-order chi connectivity index (χ0) is 13.5. The minimum atomic E-state index is -4.32. The third kappa shape index (κ3) is 2.51. The molecule has 0 unspecified atom stereocenters. The molecule has 5 heteroatoms. The van der Waals surface area contributed by atoms with Crippen LogP contribution in [-0.4, -0.2) is 9.78 Å². The molecule has 1 heterocycles. The predicted molar refractivity (Wildman–Crippen MR) is 65.9 cm³/mol. The van der Waals surface area contributed by atoms with Gasteiger partial charge in [0, 0.05) is 11.6 Å². The Morgan fingerprint density at radius 1 is 1.00 bits per heavy atom. The topological polar surface area (TPSA) is 17.8 Å². The lowest BCUT2D eigenvalue weighted by atomic mass is 9.85. The van der Waals surface area contributed by atoms with E-state index in [4.69, 9.17) is 0 Å². The SMILES string of the molecule is FC(F)(F)c1cc(C2CCCCC2)n(C2CCC2)n1. The van der Waals surface area contributed by atoms with Crippen LogP contribution in [0.5, 0.6) is 0 Å². The van der Waals surface area contributed by atoms with E-state index in [1.54, 1.807) is 4.68 Å². The molecule has 0 atom stereocenters. The summed E-state index contributed by atoms with van der Waals surface area (Å²) in [6.45, 7) is 0. The first-order valence-electron chi connectivity index (χ1n) is 7.22. The van der Waals surface area contributed by atoms with Crippen molar-refractivity contribution in [1.82, 2.24) is 9.78 Å². The molecular formula is C14H19F3N2. The molecule has 2 nitrogen and oxygen atoms in total. The third-order valence-electron chi connectivity index (χ3n) is 4.50. The maximum absolute atomic E-state index is 12.9. The Labute approximate surface area is 111 Å². The summed E-state index contributed by atoms with van der Waals surface area (Å²) < 4.78 is 40.3. The summed E-state index contributed by atoms with van der Waals surface area (Å²) in [6.07, 6.45) is 4.21. The molecule has 0 spiro atoms. The molecular weight excluding hydrogens is 253 g/mol. The van der Waals surface area contributed by atoms with Gasteiger partial charge in [0.25, 0.3) is 0 Å². The Bertz CT molecular complexity index is 440. The van der Waals surface area contributed by atoms with Crippen LogP contribution in [0.1, 0.15) is 74.7 Å². The van der Waals surface area contributed by atoms with Gasteiger partial charge < -0.3 is 0 Å². The highest BCUT2D eigenvalue weighted by Crippen LogP contribution is 2.40. The van der Waals surface area contributed by atoms with Crippen LogP contribution in [0, 0.1) is 0 Å². The van der Waals surface area contributed by atoms with E-state index in [1.165, 1.54) is 12.5 Å². The van der Waals surface area contributed by atoms with Crippen LogP contribution >= 0.6 is 0 Å². The first-order valence-corrected chi connectivity index (χ1v) is 7.22. The average molecular weight is 272 g/mol. The van der Waals surface area contributed by atoms with Crippen molar-refractivity contribution in [3.05, 3.63) is 17.5 Å². The van der Waals surface area contributed by atoms with Crippen molar-refractivity contribution in [1.29, 1.82) is 0 Å². The lowest BCUT2D eigenvalue weighted by molar-refractivity contribution is -0.141. The molecule has 19 heavy (non-hydrogen) atoms. The number of alkyl halides is 3. The van der Waals surface area contributed by atoms with Crippen LogP contribution in [-0.2, 0) is 6.18 Å². The number of hydrogen-bond acceptors (Lipinski definition) is 1. The number of halogens is 3. The first kappa shape index (κ1) is 13.0. The minimum Gasteiger partial charge on any atom is -0.266 e. The van der Waals surface area contributed by atoms with Gasteiger partial charge in [0.2, 0.25) is 0 Å². The molecule has 0 saturated heterocycles. The first-order chi connectivity index (χ1) is 9.05. The summed E-state index contributed by atoms with van der Waals surface area (Å²) >= 11 is 0. The van der Waals surface area contributed by atoms with Crippen molar-refractivity contribution < 1.29 is 13.2 Å². The summed E-state index contributed by atoms with van der Waals surface area (Å²) in [5, 5.41) is 3.87. The van der Waals surface area contributed by atoms with Gasteiger partial charge in [-0.15, -0.1) is 0 Å². The van der Waals surface area contributed by atoms with Crippen LogP contribution in [0.25, 0.3) is 0 Å². The molecule has 106 valence electrons. The molecule has 1 aromatic heterocycles. The standard InChI is InChI=1S/C14H19F3N2/c15-14(16,17)13-9-12(10-5-2-1-3-6-10)19(18-13)11-7-4-8-11/h9-11H,1-8H2. The Balaban J connectivity index is 1.93. The Kier molecular flexibility index (Phi) is 3.31. The van der Waals surface area contributed by atoms with E-state index < -0.39 is 11.9 Å². The molecule has 2 aliphatic rings. The van der Waals surface area contributed by atoms with Crippen LogP contribution in [0.2, 0.25) is 0 Å². The zero-order valence-corrected chi connectivity index (χ0v) is 10.9. The van der Waals surface area contributed by atoms with Gasteiger partial charge in [0.1, 0.15) is 0 Å². The normalized spacial score (nSPS) is 22.5. The van der Waals surface area contributed by atoms with E-state index in [0.29, 0.717) is 0 Å². The largest absolute Gasteiger partial charge is 0.435 e. The average Bonchev–Trinajstić information content (AvgIpc) is 2.72. The van der Waals surface area contributed by atoms with Crippen molar-refractivity contribution in [2.45, 2.75) is 69.5 Å². The quantitative estimate of drug-likeness (QED) is 0.764. The smallest absolute Gasteiger partial charge is 0.266 e. The second-order valence-electron chi connectivity index (χ2n) is 5.82. The van der Waals surface area contributed by atoms with Crippen molar-refractivity contribution >= 4 is 0 Å². The van der Waals surface area contributed by atoms with Gasteiger partial charge in [-0.05, 0) is 38.2 Å². The fourth-order valence-electron chi connectivity index (χ4n) is 3.17. The summed E-state index contributed by atoms with van der Waals surface area (Å²) in [4.78, 5) is 0. The molecule has 2 saturated carbocycles. The summed E-state index contributed by atoms with van der Waals surface area (Å²) in [7, 11) is 0. The summed E-state index contributed by atoms with van der Waals surface area (Å²) in [5.74, 6) is 0.276. The second-order valence-corrected chi connectivity index (χ2v) is 5.82. The monoisotopic (exact) mass is 272 g/mol. The predicted octanol–water partition coefficient (Wildman–Crippen LogP) is 4.67. The van der Waals surface area contributed by atoms with Crippen molar-refractivity contribution in [2.24, 2.45) is 0 Å². The zero-order valence-electron chi connectivity index (χ0n) is 10.9. The van der Waals surface area contributed by atoms with Gasteiger partial charge in [-0.1, -0.05) is 19.3 Å². The van der Waals surface area contributed by atoms with Gasteiger partial charge in [-0.3, -0.25) is 4.68 Å². The molecule has 2 aliphatic carbocycles. The molecule has 3 rings (SSSR count). The number of nitrogens with zero attached hydrogens (tertiary/aromatic N) is 2. The third-order valence-corrected chi connectivity index (χ3v) is 4.50. The molecule has 1 aromatic rings. The lowest BCUT2D eigenvalue weighted by Crippen LogP contribution is -2.22. The van der Waals surface area contributed by atoms with Crippen molar-refractivity contribution in [2.75, 3.05) is 0 Å². The maximum atomic E-state index is 12.9. The van der Waals surface area contributed by atoms with Crippen LogP contribution in [0.15, 0.2) is 6.07 Å². The van der Waals surface area contributed by atoms with Crippen molar-refractivity contribution in [3.63, 3.8) is 0 Å². The van der Waals surface area contributed by atoms with Crippen LogP contribution in [0.4, 0.5) is 13.2 Å². The molecule has 0 aromatic carbocycles. The van der Waals surface area contributed by atoms with Gasteiger partial charge >= 0.3 is 6.18 Å². The van der Waals surface area contributed by atoms with E-state index in [9.17, 15) is 13.2 Å². The highest BCUT2D eigenvalue weighted by atomic mass is 19.4. The Morgan fingerprint density at radius 3 is 2.21 bits per heavy atom. The van der Waals surface area contributed by atoms with Crippen LogP contribution in [0.3, 0.4) is 0 Å². The Hall–Kier alpha value is -1.00. The highest BCUT2D eigenvalue weighted by Gasteiger charge is 2.37. The minimum absolute atomic E-state index is 0.202. The van der Waals surface area contributed by atoms with E-state index in [2.05, 4.69) is 5.10 Å². The molecule has 0 aliphatic heterocycles. The van der Waals surface area contributed by atoms with E-state index in [-0.39, 0.29) is 12.0 Å². The molecule has 0 bridgehead atoms. The maximum Gasteiger partial charge on any atom is 0.435 e. The van der Waals surface area contributed by atoms with Crippen molar-refractivity contribution in [3.8, 4) is 0 Å². The molecule has 0 N–H and O–H groups in total. The summed E-state index contributed by atoms with van der Waals surface area (Å²) in [6, 6.07) is 1.50. The van der Waals surface area contributed by atoms with Crippen LogP contribution < -0.4 is 0 Å². The lowest BCUT2D eigenvalue weighted by Gasteiger charge is -2.30. The highest BCUT2D eigenvalue weighted by molar-refractivity contribution is 5.19. The fraction of sp³-hybridized carbons (Fsp3) is 0.786. The van der Waals surface area contributed by atoms with Gasteiger partial charge in [0.15, 0.2) is 5.69 Å². The molecule has 0 amide bonds. The number of rotatable bonds is 2. The number of hydrogen-bond donors (Lipinski definition) is 0. The van der Waals surface area contributed by atoms with E-state index in [1.807, 2.05) is 0 Å². The molecule has 2 fully saturated rings. The second kappa shape index (κ2) is 4.84. The van der Waals surface area contributed by atoms with Gasteiger partial charge in [-0.25, -0.2) is 0 Å². The van der Waals surface area contributed by atoms with Gasteiger partial charge in [0.05, 0.1) is 6.04 Å². The number of aromatic nitrogens is 2. The molecule has 0 radical (unpaired) electrons.